The van der Waals surface area contributed by atoms with E-state index in [9.17, 15) is 26.3 Å². The van der Waals surface area contributed by atoms with Crippen LogP contribution in [-0.2, 0) is 0 Å². The summed E-state index contributed by atoms with van der Waals surface area (Å²) >= 11 is 4.36. The first-order valence-corrected chi connectivity index (χ1v) is 2.89. The molecular weight excluding hydrogens is 197 g/mol. The van der Waals surface area contributed by atoms with Gasteiger partial charge in [0.05, 0.1) is 5.88 Å². The van der Waals surface area contributed by atoms with Crippen LogP contribution < -0.4 is 0 Å². The van der Waals surface area contributed by atoms with Gasteiger partial charge in [-0.25, -0.2) is 8.78 Å². The van der Waals surface area contributed by atoms with Crippen molar-refractivity contribution in [3.63, 3.8) is 0 Å². The van der Waals surface area contributed by atoms with Gasteiger partial charge in [-0.2, -0.15) is 17.6 Å². The standard InChI is InChI=1S/C4H3ClF6/c5-1-3(8,9)4(10,11)2(6)7/h2H,1H2. The highest BCUT2D eigenvalue weighted by Crippen LogP contribution is 2.39. The molecule has 0 fully saturated rings. The fourth-order valence-electron chi connectivity index (χ4n) is 0.249. The zero-order valence-electron chi connectivity index (χ0n) is 4.93. The average Bonchev–Trinajstić information content (AvgIpc) is 1.87. The van der Waals surface area contributed by atoms with Gasteiger partial charge < -0.3 is 0 Å². The van der Waals surface area contributed by atoms with Crippen LogP contribution in [0.3, 0.4) is 0 Å². The first kappa shape index (κ1) is 10.9. The monoisotopic (exact) mass is 200 g/mol. The van der Waals surface area contributed by atoms with Crippen molar-refractivity contribution < 1.29 is 26.3 Å². The lowest BCUT2D eigenvalue weighted by Crippen LogP contribution is -2.47. The van der Waals surface area contributed by atoms with Crippen LogP contribution in [0.4, 0.5) is 26.3 Å². The Balaban J connectivity index is 4.53. The molecule has 0 aromatic rings. The molecule has 0 unspecified atom stereocenters. The summed E-state index contributed by atoms with van der Waals surface area (Å²) in [4.78, 5) is 0. The SMILES string of the molecule is FC(F)C(F)(F)C(F)(F)CCl. The van der Waals surface area contributed by atoms with E-state index < -0.39 is 24.2 Å². The minimum Gasteiger partial charge on any atom is -0.203 e. The van der Waals surface area contributed by atoms with Gasteiger partial charge in [0.1, 0.15) is 0 Å². The van der Waals surface area contributed by atoms with Gasteiger partial charge in [0.15, 0.2) is 0 Å². The Bertz CT molecular complexity index is 133. The molecule has 0 N–H and O–H groups in total. The van der Waals surface area contributed by atoms with Gasteiger partial charge in [-0.3, -0.25) is 0 Å². The van der Waals surface area contributed by atoms with Crippen molar-refractivity contribution in [2.45, 2.75) is 18.3 Å². The minimum atomic E-state index is -5.35. The van der Waals surface area contributed by atoms with Gasteiger partial charge in [-0.05, 0) is 0 Å². The Morgan fingerprint density at radius 3 is 1.55 bits per heavy atom. The molecule has 11 heavy (non-hydrogen) atoms. The summed E-state index contributed by atoms with van der Waals surface area (Å²) < 4.78 is 69.5. The summed E-state index contributed by atoms with van der Waals surface area (Å²) in [6, 6.07) is 0. The Morgan fingerprint density at radius 1 is 1.09 bits per heavy atom. The van der Waals surface area contributed by atoms with Crippen LogP contribution in [-0.4, -0.2) is 24.2 Å². The van der Waals surface area contributed by atoms with E-state index in [4.69, 9.17) is 0 Å². The predicted molar refractivity (Wildman–Crippen MR) is 26.6 cm³/mol. The molecule has 0 radical (unpaired) electrons. The molecule has 0 amide bonds. The van der Waals surface area contributed by atoms with Crippen LogP contribution in [0, 0.1) is 0 Å². The molecule has 0 aromatic carbocycles. The summed E-state index contributed by atoms with van der Waals surface area (Å²) in [5.74, 6) is -12.0. The molecule has 0 rings (SSSR count). The number of hydrogen-bond donors (Lipinski definition) is 0. The third-order valence-electron chi connectivity index (χ3n) is 0.930. The van der Waals surface area contributed by atoms with Crippen molar-refractivity contribution in [3.05, 3.63) is 0 Å². The van der Waals surface area contributed by atoms with Crippen LogP contribution in [0.2, 0.25) is 0 Å². The Labute approximate surface area is 63.1 Å². The predicted octanol–water partition coefficient (Wildman–Crippen LogP) is 2.76. The molecule has 68 valence electrons. The van der Waals surface area contributed by atoms with Crippen LogP contribution in [0.1, 0.15) is 0 Å². The quantitative estimate of drug-likeness (QED) is 0.485. The fourth-order valence-corrected chi connectivity index (χ4v) is 0.427. The lowest BCUT2D eigenvalue weighted by molar-refractivity contribution is -0.253. The maximum absolute atomic E-state index is 11.8. The highest BCUT2D eigenvalue weighted by molar-refractivity contribution is 6.18. The zero-order valence-corrected chi connectivity index (χ0v) is 5.69. The summed E-state index contributed by atoms with van der Waals surface area (Å²) in [7, 11) is 0. The van der Waals surface area contributed by atoms with Gasteiger partial charge in [-0.15, -0.1) is 11.6 Å². The minimum absolute atomic E-state index is 1.83. The molecule has 0 saturated carbocycles. The van der Waals surface area contributed by atoms with Gasteiger partial charge in [0, 0.05) is 0 Å². The van der Waals surface area contributed by atoms with Crippen molar-refractivity contribution in [1.82, 2.24) is 0 Å². The second kappa shape index (κ2) is 3.08. The van der Waals surface area contributed by atoms with E-state index in [-0.39, 0.29) is 0 Å². The van der Waals surface area contributed by atoms with Crippen molar-refractivity contribution in [2.75, 3.05) is 5.88 Å². The summed E-state index contributed by atoms with van der Waals surface area (Å²) in [5.41, 5.74) is 0. The summed E-state index contributed by atoms with van der Waals surface area (Å²) in [5, 5.41) is 0. The molecule has 0 atom stereocenters. The van der Waals surface area contributed by atoms with Crippen LogP contribution in [0.5, 0.6) is 0 Å². The van der Waals surface area contributed by atoms with Gasteiger partial charge >= 0.3 is 18.3 Å². The van der Waals surface area contributed by atoms with Crippen molar-refractivity contribution >= 4 is 11.6 Å². The molecule has 0 bridgehead atoms. The Morgan fingerprint density at radius 2 is 1.45 bits per heavy atom. The van der Waals surface area contributed by atoms with E-state index in [0.29, 0.717) is 0 Å². The van der Waals surface area contributed by atoms with E-state index in [1.54, 1.807) is 0 Å². The second-order valence-corrected chi connectivity index (χ2v) is 2.03. The maximum atomic E-state index is 11.8. The Kier molecular flexibility index (Phi) is 3.05. The van der Waals surface area contributed by atoms with E-state index >= 15 is 0 Å². The van der Waals surface area contributed by atoms with Crippen molar-refractivity contribution in [1.29, 1.82) is 0 Å². The normalized spacial score (nSPS) is 14.2. The van der Waals surface area contributed by atoms with Crippen molar-refractivity contribution in [3.8, 4) is 0 Å². The smallest absolute Gasteiger partial charge is 0.203 e. The first-order valence-electron chi connectivity index (χ1n) is 2.35. The largest absolute Gasteiger partial charge is 0.370 e. The molecule has 0 aliphatic carbocycles. The van der Waals surface area contributed by atoms with Crippen LogP contribution >= 0.6 is 11.6 Å². The molecular formula is C4H3ClF6. The maximum Gasteiger partial charge on any atom is 0.370 e. The van der Waals surface area contributed by atoms with E-state index in [2.05, 4.69) is 11.6 Å². The summed E-state index contributed by atoms with van der Waals surface area (Å²) in [6.07, 6.45) is -4.41. The molecule has 7 heteroatoms. The molecule has 0 heterocycles. The van der Waals surface area contributed by atoms with E-state index in [1.165, 1.54) is 0 Å². The summed E-state index contributed by atoms with van der Waals surface area (Å²) in [6.45, 7) is 0. The molecule has 0 saturated heterocycles. The fraction of sp³-hybridized carbons (Fsp3) is 1.00. The van der Waals surface area contributed by atoms with Crippen LogP contribution in [0.25, 0.3) is 0 Å². The number of halogens is 7. The third-order valence-corrected chi connectivity index (χ3v) is 1.27. The molecule has 0 aliphatic rings. The molecule has 0 nitrogen and oxygen atoms in total. The van der Waals surface area contributed by atoms with Gasteiger partial charge in [-0.1, -0.05) is 0 Å². The van der Waals surface area contributed by atoms with Gasteiger partial charge in [0.2, 0.25) is 0 Å². The molecule has 0 aliphatic heterocycles. The molecule has 0 spiro atoms. The van der Waals surface area contributed by atoms with Crippen LogP contribution in [0.15, 0.2) is 0 Å². The van der Waals surface area contributed by atoms with E-state index in [1.807, 2.05) is 0 Å². The Hall–Kier alpha value is -0.130. The topological polar surface area (TPSA) is 0 Å². The molecule has 0 aromatic heterocycles. The zero-order chi connectivity index (χ0) is 9.28. The number of hydrogen-bond acceptors (Lipinski definition) is 0. The number of rotatable bonds is 3. The highest BCUT2D eigenvalue weighted by Gasteiger charge is 2.62. The van der Waals surface area contributed by atoms with E-state index in [0.717, 1.165) is 0 Å². The average molecular weight is 201 g/mol. The highest BCUT2D eigenvalue weighted by atomic mass is 35.5. The first-order chi connectivity index (χ1) is 4.75. The van der Waals surface area contributed by atoms with Crippen molar-refractivity contribution in [2.24, 2.45) is 0 Å². The lowest BCUT2D eigenvalue weighted by Gasteiger charge is -2.23. The second-order valence-electron chi connectivity index (χ2n) is 1.76. The third kappa shape index (κ3) is 1.91. The lowest BCUT2D eigenvalue weighted by atomic mass is 10.2. The number of alkyl halides is 7. The van der Waals surface area contributed by atoms with Gasteiger partial charge in [0.25, 0.3) is 0 Å².